The zero-order valence-corrected chi connectivity index (χ0v) is 11.7. The van der Waals surface area contributed by atoms with Gasteiger partial charge < -0.3 is 15.2 Å². The predicted molar refractivity (Wildman–Crippen MR) is 89.0 cm³/mol. The van der Waals surface area contributed by atoms with E-state index in [9.17, 15) is 9.90 Å². The van der Waals surface area contributed by atoms with Crippen LogP contribution in [0.15, 0.2) is 42.5 Å². The largest absolute Gasteiger partial charge is 0.395 e. The number of carbonyl (C=O) groups is 2. The molecule has 0 aliphatic heterocycles. The van der Waals surface area contributed by atoms with Gasteiger partial charge in [-0.2, -0.15) is 0 Å². The zero-order chi connectivity index (χ0) is 15.2. The summed E-state index contributed by atoms with van der Waals surface area (Å²) in [7, 11) is 0. The number of aliphatic hydroxyl groups is 1. The zero-order valence-electron chi connectivity index (χ0n) is 11.7. The molecule has 2 aromatic carbocycles. The fraction of sp³-hybridized carbons (Fsp3) is 0.222. The van der Waals surface area contributed by atoms with Crippen LogP contribution in [0.4, 0.5) is 5.69 Å². The summed E-state index contributed by atoms with van der Waals surface area (Å²) in [5.41, 5.74) is 5.30. The molecule has 0 radical (unpaired) electrons. The lowest BCUT2D eigenvalue weighted by Gasteiger charge is -2.10. The number of hydrogen-bond acceptors (Lipinski definition) is 3. The molecular weight excluding hydrogens is 278 g/mol. The highest BCUT2D eigenvalue weighted by atomic mass is 16.3. The third-order valence-electron chi connectivity index (χ3n) is 3.46. The van der Waals surface area contributed by atoms with Crippen LogP contribution in [-0.4, -0.2) is 24.4 Å². The average molecular weight is 299 g/mol. The molecule has 22 heavy (non-hydrogen) atoms. The first-order valence-corrected chi connectivity index (χ1v) is 6.70. The summed E-state index contributed by atoms with van der Waals surface area (Å²) in [6.07, 6.45) is 1.41. The monoisotopic (exact) mass is 299 g/mol. The van der Waals surface area contributed by atoms with Crippen LogP contribution < -0.4 is 5.32 Å². The van der Waals surface area contributed by atoms with Crippen molar-refractivity contribution in [1.82, 2.24) is 0 Å². The van der Waals surface area contributed by atoms with E-state index in [-0.39, 0.29) is 20.0 Å². The Kier molecular flexibility index (Phi) is 6.47. The summed E-state index contributed by atoms with van der Waals surface area (Å²) in [6.45, 7) is 1.52. The van der Waals surface area contributed by atoms with Crippen LogP contribution in [0.3, 0.4) is 0 Å². The minimum absolute atomic E-state index is 0. The lowest BCUT2D eigenvalue weighted by atomic mass is 9.98. The van der Waals surface area contributed by atoms with Crippen molar-refractivity contribution in [2.24, 2.45) is 0 Å². The third-order valence-corrected chi connectivity index (χ3v) is 3.46. The molecule has 0 saturated heterocycles. The van der Waals surface area contributed by atoms with Crippen LogP contribution in [0.5, 0.6) is 0 Å². The maximum atomic E-state index is 10.5. The topological polar surface area (TPSA) is 66.4 Å². The molecule has 4 heteroatoms. The quantitative estimate of drug-likeness (QED) is 0.855. The molecule has 1 aliphatic carbocycles. The number of nitrogens with one attached hydrogen (secondary N) is 1. The fourth-order valence-electron chi connectivity index (χ4n) is 2.66. The van der Waals surface area contributed by atoms with E-state index in [2.05, 4.69) is 11.4 Å². The molecule has 1 atom stereocenters. The number of carbonyl (C=O) groups excluding carboxylic acids is 2. The van der Waals surface area contributed by atoms with Crippen LogP contribution >= 0.6 is 0 Å². The molecule has 0 bridgehead atoms. The lowest BCUT2D eigenvalue weighted by molar-refractivity contribution is -0.106. The standard InChI is InChI=1S/C15H13NO2.C2H4O.CH4/c17-8-15-12-4-2-1-3-11(12)13-6-5-10(16-9-18)7-14(13)15;1-2-3;/h1-7,9,15,17H,8H2,(H,16,18);2H,1H3;1H4. The van der Waals surface area contributed by atoms with Gasteiger partial charge in [-0.1, -0.05) is 37.8 Å². The molecule has 1 aliphatic rings. The van der Waals surface area contributed by atoms with Crippen molar-refractivity contribution >= 4 is 18.4 Å². The van der Waals surface area contributed by atoms with Crippen molar-refractivity contribution in [3.63, 3.8) is 0 Å². The van der Waals surface area contributed by atoms with Gasteiger partial charge in [0.2, 0.25) is 6.41 Å². The Hall–Kier alpha value is -2.46. The van der Waals surface area contributed by atoms with Gasteiger partial charge in [0.05, 0.1) is 6.61 Å². The Morgan fingerprint density at radius 3 is 2.36 bits per heavy atom. The summed E-state index contributed by atoms with van der Waals surface area (Å²) in [4.78, 5) is 19.3. The van der Waals surface area contributed by atoms with Crippen molar-refractivity contribution in [3.05, 3.63) is 53.6 Å². The molecule has 2 N–H and O–H groups in total. The third kappa shape index (κ3) is 3.23. The van der Waals surface area contributed by atoms with Gasteiger partial charge in [0.15, 0.2) is 0 Å². The van der Waals surface area contributed by atoms with Gasteiger partial charge in [0.1, 0.15) is 6.29 Å². The second-order valence-electron chi connectivity index (χ2n) is 4.62. The summed E-state index contributed by atoms with van der Waals surface area (Å²) in [5.74, 6) is 0.00426. The van der Waals surface area contributed by atoms with Gasteiger partial charge in [-0.05, 0) is 41.3 Å². The molecule has 3 rings (SSSR count). The Morgan fingerprint density at radius 2 is 1.73 bits per heavy atom. The molecule has 116 valence electrons. The van der Waals surface area contributed by atoms with Gasteiger partial charge >= 0.3 is 0 Å². The van der Waals surface area contributed by atoms with Crippen molar-refractivity contribution in [2.75, 3.05) is 11.9 Å². The normalized spacial score (nSPS) is 13.6. The number of amides is 1. The second-order valence-corrected chi connectivity index (χ2v) is 4.62. The highest BCUT2D eigenvalue weighted by Gasteiger charge is 2.27. The molecule has 0 heterocycles. The molecule has 1 unspecified atom stereocenters. The van der Waals surface area contributed by atoms with Crippen molar-refractivity contribution in [1.29, 1.82) is 0 Å². The molecule has 0 spiro atoms. The number of fused-ring (bicyclic) bond motifs is 3. The minimum Gasteiger partial charge on any atom is -0.395 e. The van der Waals surface area contributed by atoms with E-state index in [0.29, 0.717) is 6.41 Å². The fourth-order valence-corrected chi connectivity index (χ4v) is 2.66. The van der Waals surface area contributed by atoms with E-state index in [1.165, 1.54) is 12.5 Å². The van der Waals surface area contributed by atoms with Crippen LogP contribution in [0.25, 0.3) is 11.1 Å². The van der Waals surface area contributed by atoms with Gasteiger partial charge in [0.25, 0.3) is 0 Å². The Balaban J connectivity index is 0.000000562. The van der Waals surface area contributed by atoms with E-state index < -0.39 is 0 Å². The highest BCUT2D eigenvalue weighted by molar-refractivity contribution is 5.82. The number of benzene rings is 2. The van der Waals surface area contributed by atoms with Gasteiger partial charge in [0, 0.05) is 11.6 Å². The number of hydrogen-bond donors (Lipinski definition) is 2. The van der Waals surface area contributed by atoms with Crippen molar-refractivity contribution in [2.45, 2.75) is 20.3 Å². The average Bonchev–Trinajstić information content (AvgIpc) is 2.81. The Morgan fingerprint density at radius 1 is 1.09 bits per heavy atom. The maximum absolute atomic E-state index is 10.5. The Labute approximate surface area is 130 Å². The van der Waals surface area contributed by atoms with Crippen molar-refractivity contribution < 1.29 is 14.7 Å². The summed E-state index contributed by atoms with van der Waals surface area (Å²) in [5, 5.41) is 12.2. The number of aldehydes is 1. The molecule has 0 aromatic heterocycles. The SMILES string of the molecule is C.CC=O.O=CNc1ccc2c(c1)C(CO)c1ccccc1-2. The lowest BCUT2D eigenvalue weighted by Crippen LogP contribution is -2.02. The first-order chi connectivity index (χ1) is 10.3. The first-order valence-electron chi connectivity index (χ1n) is 6.70. The van der Waals surface area contributed by atoms with Crippen LogP contribution in [0, 0.1) is 0 Å². The van der Waals surface area contributed by atoms with Gasteiger partial charge in [-0.25, -0.2) is 0 Å². The number of aliphatic hydroxyl groups excluding tert-OH is 1. The molecule has 1 amide bonds. The van der Waals surface area contributed by atoms with Crippen molar-refractivity contribution in [3.8, 4) is 11.1 Å². The van der Waals surface area contributed by atoms with Crippen LogP contribution in [0.1, 0.15) is 31.4 Å². The van der Waals surface area contributed by atoms with E-state index >= 15 is 0 Å². The summed E-state index contributed by atoms with van der Waals surface area (Å²) < 4.78 is 0. The van der Waals surface area contributed by atoms with Gasteiger partial charge in [-0.15, -0.1) is 0 Å². The highest BCUT2D eigenvalue weighted by Crippen LogP contribution is 2.45. The minimum atomic E-state index is 0. The number of anilines is 1. The van der Waals surface area contributed by atoms with Gasteiger partial charge in [-0.3, -0.25) is 4.79 Å². The van der Waals surface area contributed by atoms with E-state index in [1.807, 2.05) is 36.4 Å². The summed E-state index contributed by atoms with van der Waals surface area (Å²) in [6, 6.07) is 13.9. The Bertz CT molecular complexity index is 653. The maximum Gasteiger partial charge on any atom is 0.211 e. The predicted octanol–water partition coefficient (Wildman–Crippen LogP) is 3.20. The first kappa shape index (κ1) is 17.6. The molecule has 4 nitrogen and oxygen atoms in total. The summed E-state index contributed by atoms with van der Waals surface area (Å²) >= 11 is 0. The molecule has 0 fully saturated rings. The van der Waals surface area contributed by atoms with Crippen LogP contribution in [-0.2, 0) is 9.59 Å². The molecular formula is C18H21NO3. The van der Waals surface area contributed by atoms with E-state index in [4.69, 9.17) is 4.79 Å². The van der Waals surface area contributed by atoms with Crippen LogP contribution in [0.2, 0.25) is 0 Å². The molecule has 2 aromatic rings. The number of rotatable bonds is 3. The second kappa shape index (κ2) is 8.10. The smallest absolute Gasteiger partial charge is 0.211 e. The van der Waals surface area contributed by atoms with E-state index in [1.54, 1.807) is 0 Å². The molecule has 0 saturated carbocycles. The van der Waals surface area contributed by atoms with E-state index in [0.717, 1.165) is 28.7 Å².